The fourth-order valence-corrected chi connectivity index (χ4v) is 0.984. The summed E-state index contributed by atoms with van der Waals surface area (Å²) in [4.78, 5) is 11.3. The Balaban J connectivity index is 2.80. The normalized spacial score (nSPS) is 11.1. The highest BCUT2D eigenvalue weighted by Gasteiger charge is 2.26. The second kappa shape index (κ2) is 3.78. The van der Waals surface area contributed by atoms with Crippen LogP contribution in [0.15, 0.2) is 24.3 Å². The Labute approximate surface area is 83.1 Å². The Morgan fingerprint density at radius 3 is 2.43 bits per heavy atom. The molecule has 0 aliphatic carbocycles. The predicted molar refractivity (Wildman–Crippen MR) is 55.0 cm³/mol. The quantitative estimate of drug-likeness (QED) is 0.772. The molecule has 1 rings (SSSR count). The Bertz CT molecular complexity index is 341. The molecule has 0 atom stereocenters. The summed E-state index contributed by atoms with van der Waals surface area (Å²) in [5, 5.41) is 2.54. The number of para-hydroxylation sites is 1. The van der Waals surface area contributed by atoms with Crippen molar-refractivity contribution in [2.75, 3.05) is 5.32 Å². The van der Waals surface area contributed by atoms with Crippen molar-refractivity contribution in [2.45, 2.75) is 26.4 Å². The molecule has 14 heavy (non-hydrogen) atoms. The summed E-state index contributed by atoms with van der Waals surface area (Å²) >= 11 is 0. The Hall–Kier alpha value is -1.38. The Morgan fingerprint density at radius 2 is 1.93 bits per heavy atom. The number of alkyl halides is 1. The van der Waals surface area contributed by atoms with Crippen LogP contribution in [0, 0.1) is 6.92 Å². The second-order valence-electron chi connectivity index (χ2n) is 3.74. The average molecular weight is 195 g/mol. The van der Waals surface area contributed by atoms with Gasteiger partial charge >= 0.3 is 0 Å². The highest BCUT2D eigenvalue weighted by atomic mass is 19.1. The topological polar surface area (TPSA) is 29.1 Å². The zero-order valence-corrected chi connectivity index (χ0v) is 8.60. The van der Waals surface area contributed by atoms with Crippen LogP contribution in [0.2, 0.25) is 0 Å². The van der Waals surface area contributed by atoms with E-state index in [4.69, 9.17) is 0 Å². The lowest BCUT2D eigenvalue weighted by Gasteiger charge is -2.15. The van der Waals surface area contributed by atoms with Crippen LogP contribution in [0.25, 0.3) is 0 Å². The minimum Gasteiger partial charge on any atom is -0.323 e. The molecular formula is C11H14FNO. The highest BCUT2D eigenvalue weighted by Crippen LogP contribution is 2.17. The van der Waals surface area contributed by atoms with Crippen molar-refractivity contribution >= 4 is 11.6 Å². The van der Waals surface area contributed by atoms with Crippen LogP contribution in [-0.4, -0.2) is 11.6 Å². The molecule has 1 N–H and O–H groups in total. The van der Waals surface area contributed by atoms with E-state index in [9.17, 15) is 9.18 Å². The van der Waals surface area contributed by atoms with Gasteiger partial charge < -0.3 is 5.32 Å². The van der Waals surface area contributed by atoms with Gasteiger partial charge in [-0.1, -0.05) is 18.2 Å². The maximum Gasteiger partial charge on any atom is 0.261 e. The number of benzene rings is 1. The number of carbonyl (C=O) groups is 1. The lowest BCUT2D eigenvalue weighted by Crippen LogP contribution is -2.32. The molecule has 2 nitrogen and oxygen atoms in total. The van der Waals surface area contributed by atoms with E-state index in [1.54, 1.807) is 12.1 Å². The molecule has 1 aromatic rings. The number of carbonyl (C=O) groups excluding carboxylic acids is 1. The molecule has 0 bridgehead atoms. The molecule has 1 amide bonds. The highest BCUT2D eigenvalue weighted by molar-refractivity contribution is 5.97. The van der Waals surface area contributed by atoms with Gasteiger partial charge in [0, 0.05) is 5.69 Å². The van der Waals surface area contributed by atoms with Gasteiger partial charge in [-0.2, -0.15) is 0 Å². The monoisotopic (exact) mass is 195 g/mol. The van der Waals surface area contributed by atoms with Crippen molar-refractivity contribution < 1.29 is 9.18 Å². The third kappa shape index (κ3) is 2.55. The van der Waals surface area contributed by atoms with Crippen molar-refractivity contribution in [3.63, 3.8) is 0 Å². The van der Waals surface area contributed by atoms with Gasteiger partial charge in [0.2, 0.25) is 0 Å². The van der Waals surface area contributed by atoms with Crippen LogP contribution in [0.5, 0.6) is 0 Å². The lowest BCUT2D eigenvalue weighted by atomic mass is 10.1. The van der Waals surface area contributed by atoms with E-state index in [1.165, 1.54) is 13.8 Å². The summed E-state index contributed by atoms with van der Waals surface area (Å²) in [5.74, 6) is -0.619. The molecule has 0 aliphatic rings. The summed E-state index contributed by atoms with van der Waals surface area (Å²) in [6.45, 7) is 4.34. The number of amides is 1. The van der Waals surface area contributed by atoms with Gasteiger partial charge in [-0.25, -0.2) is 4.39 Å². The number of nitrogens with one attached hydrogen (secondary N) is 1. The maximum atomic E-state index is 13.2. The van der Waals surface area contributed by atoms with Crippen LogP contribution in [0.3, 0.4) is 0 Å². The summed E-state index contributed by atoms with van der Waals surface area (Å²) in [5.41, 5.74) is -0.268. The number of aryl methyl sites for hydroxylation is 1. The fourth-order valence-electron chi connectivity index (χ4n) is 0.984. The molecule has 0 saturated carbocycles. The first-order valence-corrected chi connectivity index (χ1v) is 4.47. The summed E-state index contributed by atoms with van der Waals surface area (Å²) in [6, 6.07) is 7.28. The molecule has 0 aliphatic heterocycles. The van der Waals surface area contributed by atoms with Crippen molar-refractivity contribution in [3.8, 4) is 0 Å². The van der Waals surface area contributed by atoms with Gasteiger partial charge in [0.15, 0.2) is 5.67 Å². The molecular weight excluding hydrogens is 181 g/mol. The summed E-state index contributed by atoms with van der Waals surface area (Å²) in [6.07, 6.45) is 0. The minimum absolute atomic E-state index is 0.619. The van der Waals surface area contributed by atoms with Crippen molar-refractivity contribution in [2.24, 2.45) is 0 Å². The van der Waals surface area contributed by atoms with Gasteiger partial charge in [-0.05, 0) is 32.4 Å². The van der Waals surface area contributed by atoms with E-state index in [-0.39, 0.29) is 0 Å². The van der Waals surface area contributed by atoms with Gasteiger partial charge in [-0.3, -0.25) is 4.79 Å². The molecule has 0 fully saturated rings. The average Bonchev–Trinajstić information content (AvgIpc) is 2.07. The van der Waals surface area contributed by atoms with E-state index in [1.807, 2.05) is 19.1 Å². The van der Waals surface area contributed by atoms with Crippen LogP contribution in [0.4, 0.5) is 10.1 Å². The van der Waals surface area contributed by atoms with Gasteiger partial charge in [0.25, 0.3) is 5.91 Å². The molecule has 0 aromatic heterocycles. The van der Waals surface area contributed by atoms with Gasteiger partial charge in [-0.15, -0.1) is 0 Å². The zero-order chi connectivity index (χ0) is 10.8. The first-order valence-electron chi connectivity index (χ1n) is 4.47. The van der Waals surface area contributed by atoms with Crippen LogP contribution in [-0.2, 0) is 4.79 Å². The molecule has 76 valence electrons. The number of anilines is 1. The van der Waals surface area contributed by atoms with E-state index >= 15 is 0 Å². The zero-order valence-electron chi connectivity index (χ0n) is 8.60. The van der Waals surface area contributed by atoms with E-state index in [0.717, 1.165) is 5.56 Å². The van der Waals surface area contributed by atoms with E-state index < -0.39 is 11.6 Å². The standard InChI is InChI=1S/C11H14FNO/c1-8-6-4-5-7-9(8)13-10(14)11(2,3)12/h4-7H,1-3H3,(H,13,14). The SMILES string of the molecule is Cc1ccccc1NC(=O)C(C)(C)F. The van der Waals surface area contributed by atoms with Crippen molar-refractivity contribution in [1.82, 2.24) is 0 Å². The molecule has 0 unspecified atom stereocenters. The van der Waals surface area contributed by atoms with Crippen molar-refractivity contribution in [1.29, 1.82) is 0 Å². The molecule has 0 radical (unpaired) electrons. The number of hydrogen-bond donors (Lipinski definition) is 1. The molecule has 0 saturated heterocycles. The molecule has 3 heteroatoms. The van der Waals surface area contributed by atoms with Crippen LogP contribution in [0.1, 0.15) is 19.4 Å². The molecule has 1 aromatic carbocycles. The van der Waals surface area contributed by atoms with Gasteiger partial charge in [0.05, 0.1) is 0 Å². The fraction of sp³-hybridized carbons (Fsp3) is 0.364. The van der Waals surface area contributed by atoms with Crippen LogP contribution >= 0.6 is 0 Å². The maximum absolute atomic E-state index is 13.2. The first-order chi connectivity index (χ1) is 6.41. The number of halogens is 1. The van der Waals surface area contributed by atoms with Gasteiger partial charge in [0.1, 0.15) is 0 Å². The van der Waals surface area contributed by atoms with Crippen LogP contribution < -0.4 is 5.32 Å². The smallest absolute Gasteiger partial charge is 0.261 e. The summed E-state index contributed by atoms with van der Waals surface area (Å²) in [7, 11) is 0. The number of rotatable bonds is 2. The van der Waals surface area contributed by atoms with E-state index in [0.29, 0.717) is 5.69 Å². The minimum atomic E-state index is -1.84. The Kier molecular flexibility index (Phi) is 2.89. The molecule has 0 heterocycles. The third-order valence-electron chi connectivity index (χ3n) is 1.93. The van der Waals surface area contributed by atoms with Crippen molar-refractivity contribution in [3.05, 3.63) is 29.8 Å². The lowest BCUT2D eigenvalue weighted by molar-refractivity contribution is -0.125. The predicted octanol–water partition coefficient (Wildman–Crippen LogP) is 2.68. The summed E-state index contributed by atoms with van der Waals surface area (Å²) < 4.78 is 13.2. The molecule has 0 spiro atoms. The largest absolute Gasteiger partial charge is 0.323 e. The Morgan fingerprint density at radius 1 is 1.36 bits per heavy atom. The number of hydrogen-bond acceptors (Lipinski definition) is 1. The second-order valence-corrected chi connectivity index (χ2v) is 3.74. The van der Waals surface area contributed by atoms with E-state index in [2.05, 4.69) is 5.32 Å². The third-order valence-corrected chi connectivity index (χ3v) is 1.93. The first kappa shape index (κ1) is 10.7.